The van der Waals surface area contributed by atoms with E-state index in [-0.39, 0.29) is 5.54 Å². The normalized spacial score (nSPS) is 18.9. The number of hydrogen-bond donors (Lipinski definition) is 1. The van der Waals surface area contributed by atoms with Gasteiger partial charge in [0.1, 0.15) is 0 Å². The molecule has 2 heteroatoms. The van der Waals surface area contributed by atoms with Gasteiger partial charge in [0, 0.05) is 5.54 Å². The molecule has 0 spiro atoms. The van der Waals surface area contributed by atoms with Gasteiger partial charge in [0.2, 0.25) is 0 Å². The Balaban J connectivity index is 1.79. The average molecular weight is 219 g/mol. The molecule has 2 rings (SSSR count). The molecule has 1 aromatic rings. The highest BCUT2D eigenvalue weighted by molar-refractivity contribution is 5.21. The summed E-state index contributed by atoms with van der Waals surface area (Å²) in [5.74, 6) is 0. The summed E-state index contributed by atoms with van der Waals surface area (Å²) in [5.41, 5.74) is 8.70. The zero-order valence-corrected chi connectivity index (χ0v) is 10.0. The van der Waals surface area contributed by atoms with Crippen molar-refractivity contribution in [1.82, 2.24) is 0 Å². The molecule has 0 aromatic heterocycles. The molecule has 1 fully saturated rings. The molecule has 0 heterocycles. The van der Waals surface area contributed by atoms with Gasteiger partial charge in [-0.05, 0) is 25.3 Å². The van der Waals surface area contributed by atoms with E-state index in [4.69, 9.17) is 10.5 Å². The second-order valence-electron chi connectivity index (χ2n) is 5.05. The van der Waals surface area contributed by atoms with Crippen LogP contribution in [0.15, 0.2) is 24.3 Å². The van der Waals surface area contributed by atoms with Crippen LogP contribution in [-0.4, -0.2) is 12.1 Å². The Morgan fingerprint density at radius 2 is 2.06 bits per heavy atom. The van der Waals surface area contributed by atoms with Crippen LogP contribution >= 0.6 is 0 Å². The highest BCUT2D eigenvalue weighted by Crippen LogP contribution is 2.27. The quantitative estimate of drug-likeness (QED) is 0.845. The Bertz CT molecular complexity index is 342. The van der Waals surface area contributed by atoms with Crippen LogP contribution in [0.3, 0.4) is 0 Å². The number of ether oxygens (including phenoxy) is 1. The minimum Gasteiger partial charge on any atom is -0.375 e. The Kier molecular flexibility index (Phi) is 3.62. The molecular weight excluding hydrogens is 198 g/mol. The molecule has 1 aromatic carbocycles. The summed E-state index contributed by atoms with van der Waals surface area (Å²) >= 11 is 0. The van der Waals surface area contributed by atoms with E-state index in [1.54, 1.807) is 0 Å². The number of rotatable bonds is 4. The van der Waals surface area contributed by atoms with E-state index in [1.807, 2.05) is 0 Å². The van der Waals surface area contributed by atoms with Gasteiger partial charge in [-0.15, -0.1) is 0 Å². The van der Waals surface area contributed by atoms with Gasteiger partial charge in [-0.3, -0.25) is 0 Å². The summed E-state index contributed by atoms with van der Waals surface area (Å²) in [4.78, 5) is 0. The highest BCUT2D eigenvalue weighted by atomic mass is 16.5. The fraction of sp³-hybridized carbons (Fsp3) is 0.571. The van der Waals surface area contributed by atoms with Gasteiger partial charge in [0.25, 0.3) is 0 Å². The van der Waals surface area contributed by atoms with E-state index in [2.05, 4.69) is 31.2 Å². The molecular formula is C14H21NO. The molecule has 0 unspecified atom stereocenters. The summed E-state index contributed by atoms with van der Waals surface area (Å²) in [7, 11) is 0. The van der Waals surface area contributed by atoms with Crippen LogP contribution in [-0.2, 0) is 11.3 Å². The summed E-state index contributed by atoms with van der Waals surface area (Å²) in [6, 6.07) is 8.44. The molecule has 1 saturated carbocycles. The molecule has 0 bridgehead atoms. The fourth-order valence-corrected chi connectivity index (χ4v) is 2.40. The standard InChI is InChI=1S/C14H21NO/c1-12-5-4-6-13(9-12)10-16-11-14(15)7-2-3-8-14/h4-6,9H,2-3,7-8,10-11,15H2,1H3. The third-order valence-electron chi connectivity index (χ3n) is 3.34. The lowest BCUT2D eigenvalue weighted by molar-refractivity contribution is 0.0751. The maximum absolute atomic E-state index is 6.23. The molecule has 0 atom stereocenters. The van der Waals surface area contributed by atoms with Crippen molar-refractivity contribution >= 4 is 0 Å². The summed E-state index contributed by atoms with van der Waals surface area (Å²) in [6.07, 6.45) is 4.73. The maximum atomic E-state index is 6.23. The van der Waals surface area contributed by atoms with E-state index in [1.165, 1.54) is 24.0 Å². The van der Waals surface area contributed by atoms with Crippen LogP contribution in [0.4, 0.5) is 0 Å². The van der Waals surface area contributed by atoms with Gasteiger partial charge in [-0.2, -0.15) is 0 Å². The number of benzene rings is 1. The molecule has 88 valence electrons. The van der Waals surface area contributed by atoms with Gasteiger partial charge in [-0.25, -0.2) is 0 Å². The molecule has 0 aliphatic heterocycles. The van der Waals surface area contributed by atoms with Gasteiger partial charge < -0.3 is 10.5 Å². The summed E-state index contributed by atoms with van der Waals surface area (Å²) in [5, 5.41) is 0. The lowest BCUT2D eigenvalue weighted by Crippen LogP contribution is -2.41. The van der Waals surface area contributed by atoms with Crippen molar-refractivity contribution in [3.63, 3.8) is 0 Å². The first-order chi connectivity index (χ1) is 7.68. The number of hydrogen-bond acceptors (Lipinski definition) is 2. The van der Waals surface area contributed by atoms with Gasteiger partial charge in [0.05, 0.1) is 13.2 Å². The minimum atomic E-state index is -0.0518. The maximum Gasteiger partial charge on any atom is 0.0717 e. The van der Waals surface area contributed by atoms with Crippen LogP contribution in [0, 0.1) is 6.92 Å². The van der Waals surface area contributed by atoms with Gasteiger partial charge in [-0.1, -0.05) is 42.7 Å². The average Bonchev–Trinajstić information content (AvgIpc) is 2.65. The number of aryl methyl sites for hydroxylation is 1. The smallest absolute Gasteiger partial charge is 0.0717 e. The Labute approximate surface area is 97.8 Å². The Hall–Kier alpha value is -0.860. The third-order valence-corrected chi connectivity index (χ3v) is 3.34. The first kappa shape index (κ1) is 11.6. The molecule has 2 nitrogen and oxygen atoms in total. The fourth-order valence-electron chi connectivity index (χ4n) is 2.40. The van der Waals surface area contributed by atoms with Gasteiger partial charge in [0.15, 0.2) is 0 Å². The van der Waals surface area contributed by atoms with E-state index in [9.17, 15) is 0 Å². The monoisotopic (exact) mass is 219 g/mol. The zero-order chi connectivity index (χ0) is 11.4. The summed E-state index contributed by atoms with van der Waals surface area (Å²) in [6.45, 7) is 3.48. The van der Waals surface area contributed by atoms with Crippen molar-refractivity contribution in [3.05, 3.63) is 35.4 Å². The highest BCUT2D eigenvalue weighted by Gasteiger charge is 2.29. The van der Waals surface area contributed by atoms with Crippen LogP contribution in [0.25, 0.3) is 0 Å². The van der Waals surface area contributed by atoms with Crippen molar-refractivity contribution in [2.75, 3.05) is 6.61 Å². The first-order valence-electron chi connectivity index (χ1n) is 6.10. The largest absolute Gasteiger partial charge is 0.375 e. The van der Waals surface area contributed by atoms with Crippen LogP contribution < -0.4 is 5.73 Å². The van der Waals surface area contributed by atoms with Crippen LogP contribution in [0.1, 0.15) is 36.8 Å². The lowest BCUT2D eigenvalue weighted by Gasteiger charge is -2.23. The Morgan fingerprint density at radius 3 is 2.75 bits per heavy atom. The van der Waals surface area contributed by atoms with E-state index >= 15 is 0 Å². The van der Waals surface area contributed by atoms with E-state index in [0.717, 1.165) is 12.8 Å². The van der Waals surface area contributed by atoms with Crippen LogP contribution in [0.5, 0.6) is 0 Å². The Morgan fingerprint density at radius 1 is 1.31 bits per heavy atom. The van der Waals surface area contributed by atoms with Crippen molar-refractivity contribution in [1.29, 1.82) is 0 Å². The first-order valence-corrected chi connectivity index (χ1v) is 6.10. The van der Waals surface area contributed by atoms with Crippen molar-refractivity contribution in [2.45, 2.75) is 44.8 Å². The third kappa shape index (κ3) is 3.06. The molecule has 0 amide bonds. The van der Waals surface area contributed by atoms with Crippen molar-refractivity contribution in [3.8, 4) is 0 Å². The minimum absolute atomic E-state index is 0.0518. The lowest BCUT2D eigenvalue weighted by atomic mass is 10.0. The molecule has 2 N–H and O–H groups in total. The predicted molar refractivity (Wildman–Crippen MR) is 66.2 cm³/mol. The predicted octanol–water partition coefficient (Wildman–Crippen LogP) is 2.78. The zero-order valence-electron chi connectivity index (χ0n) is 10.0. The van der Waals surface area contributed by atoms with Crippen molar-refractivity contribution in [2.24, 2.45) is 5.73 Å². The van der Waals surface area contributed by atoms with E-state index in [0.29, 0.717) is 13.2 Å². The molecule has 16 heavy (non-hydrogen) atoms. The molecule has 0 saturated heterocycles. The van der Waals surface area contributed by atoms with Crippen molar-refractivity contribution < 1.29 is 4.74 Å². The SMILES string of the molecule is Cc1cccc(COCC2(N)CCCC2)c1. The second-order valence-corrected chi connectivity index (χ2v) is 5.05. The molecule has 1 aliphatic rings. The molecule has 1 aliphatic carbocycles. The summed E-state index contributed by atoms with van der Waals surface area (Å²) < 4.78 is 5.74. The van der Waals surface area contributed by atoms with E-state index < -0.39 is 0 Å². The van der Waals surface area contributed by atoms with Crippen LogP contribution in [0.2, 0.25) is 0 Å². The topological polar surface area (TPSA) is 35.2 Å². The second kappa shape index (κ2) is 4.98. The molecule has 0 radical (unpaired) electrons. The van der Waals surface area contributed by atoms with Gasteiger partial charge >= 0.3 is 0 Å². The number of nitrogens with two attached hydrogens (primary N) is 1.